The van der Waals surface area contributed by atoms with Gasteiger partial charge in [0.2, 0.25) is 15.9 Å². The zero-order valence-corrected chi connectivity index (χ0v) is 17.9. The van der Waals surface area contributed by atoms with Gasteiger partial charge in [0.25, 0.3) is 0 Å². The number of rotatable bonds is 6. The van der Waals surface area contributed by atoms with E-state index in [1.807, 2.05) is 56.3 Å². The van der Waals surface area contributed by atoms with Crippen LogP contribution < -0.4 is 5.32 Å². The SMILES string of the molecule is Cc1ccc(S(=O)(=O)N2CCCN([C@H](C)C(=O)NCc3ccccc3)CC2)cc1. The minimum atomic E-state index is -3.51. The average Bonchev–Trinajstić information content (AvgIpc) is 2.99. The summed E-state index contributed by atoms with van der Waals surface area (Å²) in [6, 6.07) is 16.4. The van der Waals surface area contributed by atoms with Gasteiger partial charge < -0.3 is 5.32 Å². The van der Waals surface area contributed by atoms with Gasteiger partial charge in [0, 0.05) is 32.7 Å². The molecule has 29 heavy (non-hydrogen) atoms. The first-order valence-corrected chi connectivity index (χ1v) is 11.4. The van der Waals surface area contributed by atoms with Gasteiger partial charge in [-0.2, -0.15) is 4.31 Å². The van der Waals surface area contributed by atoms with Crippen LogP contribution in [0.15, 0.2) is 59.5 Å². The second-order valence-corrected chi connectivity index (χ2v) is 9.42. The van der Waals surface area contributed by atoms with Crippen LogP contribution in [-0.4, -0.2) is 55.8 Å². The van der Waals surface area contributed by atoms with Gasteiger partial charge in [-0.15, -0.1) is 0 Å². The fraction of sp³-hybridized carbons (Fsp3) is 0.409. The van der Waals surface area contributed by atoms with Crippen LogP contribution in [0, 0.1) is 6.92 Å². The van der Waals surface area contributed by atoms with Crippen LogP contribution in [0.2, 0.25) is 0 Å². The van der Waals surface area contributed by atoms with E-state index in [2.05, 4.69) is 10.2 Å². The molecule has 1 aliphatic heterocycles. The average molecular weight is 416 g/mol. The van der Waals surface area contributed by atoms with Crippen molar-refractivity contribution < 1.29 is 13.2 Å². The summed E-state index contributed by atoms with van der Waals surface area (Å²) in [6.45, 7) is 6.38. The molecule has 1 N–H and O–H groups in total. The van der Waals surface area contributed by atoms with E-state index in [1.165, 1.54) is 4.31 Å². The number of carbonyl (C=O) groups excluding carboxylic acids is 1. The molecule has 0 unspecified atom stereocenters. The minimum Gasteiger partial charge on any atom is -0.351 e. The summed E-state index contributed by atoms with van der Waals surface area (Å²) >= 11 is 0. The van der Waals surface area contributed by atoms with Crippen molar-refractivity contribution in [3.63, 3.8) is 0 Å². The fourth-order valence-corrected chi connectivity index (χ4v) is 4.97. The van der Waals surface area contributed by atoms with E-state index in [9.17, 15) is 13.2 Å². The van der Waals surface area contributed by atoms with E-state index in [4.69, 9.17) is 0 Å². The molecule has 0 radical (unpaired) electrons. The molecule has 3 rings (SSSR count). The molecule has 1 heterocycles. The summed E-state index contributed by atoms with van der Waals surface area (Å²) in [5.74, 6) is -0.0382. The lowest BCUT2D eigenvalue weighted by molar-refractivity contribution is -0.126. The minimum absolute atomic E-state index is 0.0382. The van der Waals surface area contributed by atoms with Crippen molar-refractivity contribution in [2.75, 3.05) is 26.2 Å². The molecule has 2 aromatic carbocycles. The van der Waals surface area contributed by atoms with E-state index in [1.54, 1.807) is 12.1 Å². The van der Waals surface area contributed by atoms with Gasteiger partial charge >= 0.3 is 0 Å². The maximum Gasteiger partial charge on any atom is 0.243 e. The Labute approximate surface area is 173 Å². The number of nitrogens with zero attached hydrogens (tertiary/aromatic N) is 2. The van der Waals surface area contributed by atoms with Crippen molar-refractivity contribution in [1.82, 2.24) is 14.5 Å². The zero-order chi connectivity index (χ0) is 20.9. The van der Waals surface area contributed by atoms with Crippen LogP contribution in [0.1, 0.15) is 24.5 Å². The Morgan fingerprint density at radius 2 is 1.69 bits per heavy atom. The first-order valence-electron chi connectivity index (χ1n) is 10.0. The maximum absolute atomic E-state index is 12.9. The van der Waals surface area contributed by atoms with Crippen molar-refractivity contribution >= 4 is 15.9 Å². The molecule has 1 atom stereocenters. The topological polar surface area (TPSA) is 69.7 Å². The Bertz CT molecular complexity index is 914. The van der Waals surface area contributed by atoms with Crippen LogP contribution in [0.4, 0.5) is 0 Å². The van der Waals surface area contributed by atoms with Gasteiger partial charge in [-0.25, -0.2) is 8.42 Å². The van der Waals surface area contributed by atoms with E-state index in [-0.39, 0.29) is 11.9 Å². The first kappa shape index (κ1) is 21.5. The molecule has 0 bridgehead atoms. The second kappa shape index (κ2) is 9.52. The highest BCUT2D eigenvalue weighted by Crippen LogP contribution is 2.19. The normalized spacial score (nSPS) is 17.4. The Balaban J connectivity index is 1.58. The number of carbonyl (C=O) groups is 1. The number of hydrogen-bond donors (Lipinski definition) is 1. The summed E-state index contributed by atoms with van der Waals surface area (Å²) in [5.41, 5.74) is 2.08. The largest absolute Gasteiger partial charge is 0.351 e. The van der Waals surface area contributed by atoms with Crippen molar-refractivity contribution in [2.45, 2.75) is 37.8 Å². The lowest BCUT2D eigenvalue weighted by atomic mass is 10.2. The summed E-state index contributed by atoms with van der Waals surface area (Å²) in [4.78, 5) is 15.0. The van der Waals surface area contributed by atoms with Gasteiger partial charge in [0.05, 0.1) is 10.9 Å². The molecular weight excluding hydrogens is 386 g/mol. The number of nitrogens with one attached hydrogen (secondary N) is 1. The second-order valence-electron chi connectivity index (χ2n) is 7.49. The third-order valence-electron chi connectivity index (χ3n) is 5.38. The van der Waals surface area contributed by atoms with Gasteiger partial charge in [-0.3, -0.25) is 9.69 Å². The lowest BCUT2D eigenvalue weighted by Gasteiger charge is -2.27. The number of benzene rings is 2. The number of aryl methyl sites for hydroxylation is 1. The van der Waals surface area contributed by atoms with Crippen molar-refractivity contribution in [2.24, 2.45) is 0 Å². The third kappa shape index (κ3) is 5.44. The Hall–Kier alpha value is -2.22. The predicted octanol–water partition coefficient (Wildman–Crippen LogP) is 2.40. The molecule has 2 aromatic rings. The molecule has 6 nitrogen and oxygen atoms in total. The molecule has 156 valence electrons. The molecule has 0 aromatic heterocycles. The maximum atomic E-state index is 12.9. The van der Waals surface area contributed by atoms with Crippen LogP contribution in [0.3, 0.4) is 0 Å². The monoisotopic (exact) mass is 415 g/mol. The first-order chi connectivity index (χ1) is 13.9. The number of hydrogen-bond acceptors (Lipinski definition) is 4. The lowest BCUT2D eigenvalue weighted by Crippen LogP contribution is -2.46. The molecule has 1 fully saturated rings. The zero-order valence-electron chi connectivity index (χ0n) is 17.0. The molecule has 0 aliphatic carbocycles. The third-order valence-corrected chi connectivity index (χ3v) is 7.30. The number of amides is 1. The molecular formula is C22H29N3O3S. The highest BCUT2D eigenvalue weighted by atomic mass is 32.2. The standard InChI is InChI=1S/C22H29N3O3S/c1-18-9-11-21(12-10-18)29(27,28)25-14-6-13-24(15-16-25)19(2)22(26)23-17-20-7-4-3-5-8-20/h3-5,7-12,19H,6,13-17H2,1-2H3,(H,23,26)/t19-/m1/s1. The van der Waals surface area contributed by atoms with E-state index >= 15 is 0 Å². The molecule has 1 saturated heterocycles. The van der Waals surface area contributed by atoms with E-state index in [0.717, 1.165) is 11.1 Å². The van der Waals surface area contributed by atoms with Gasteiger partial charge in [0.1, 0.15) is 0 Å². The van der Waals surface area contributed by atoms with Crippen LogP contribution in [-0.2, 0) is 21.4 Å². The smallest absolute Gasteiger partial charge is 0.243 e. The van der Waals surface area contributed by atoms with E-state index < -0.39 is 10.0 Å². The van der Waals surface area contributed by atoms with Gasteiger partial charge in [-0.05, 0) is 38.0 Å². The Kier molecular flexibility index (Phi) is 7.05. The predicted molar refractivity (Wildman–Crippen MR) is 114 cm³/mol. The quantitative estimate of drug-likeness (QED) is 0.787. The van der Waals surface area contributed by atoms with Gasteiger partial charge in [-0.1, -0.05) is 48.0 Å². The highest BCUT2D eigenvalue weighted by molar-refractivity contribution is 7.89. The van der Waals surface area contributed by atoms with Crippen LogP contribution in [0.25, 0.3) is 0 Å². The number of sulfonamides is 1. The molecule has 0 saturated carbocycles. The molecule has 1 aliphatic rings. The van der Waals surface area contributed by atoms with Crippen LogP contribution in [0.5, 0.6) is 0 Å². The summed E-state index contributed by atoms with van der Waals surface area (Å²) in [7, 11) is -3.51. The molecule has 7 heteroatoms. The molecule has 1 amide bonds. The molecule has 0 spiro atoms. The summed E-state index contributed by atoms with van der Waals surface area (Å²) in [6.07, 6.45) is 0.696. The Morgan fingerprint density at radius 3 is 2.38 bits per heavy atom. The van der Waals surface area contributed by atoms with E-state index in [0.29, 0.717) is 44.0 Å². The highest BCUT2D eigenvalue weighted by Gasteiger charge is 2.29. The fourth-order valence-electron chi connectivity index (χ4n) is 3.50. The Morgan fingerprint density at radius 1 is 1.00 bits per heavy atom. The van der Waals surface area contributed by atoms with Crippen molar-refractivity contribution in [3.05, 3.63) is 65.7 Å². The van der Waals surface area contributed by atoms with Crippen molar-refractivity contribution in [1.29, 1.82) is 0 Å². The van der Waals surface area contributed by atoms with Crippen LogP contribution >= 0.6 is 0 Å². The van der Waals surface area contributed by atoms with Gasteiger partial charge in [0.15, 0.2) is 0 Å². The van der Waals surface area contributed by atoms with Crippen molar-refractivity contribution in [3.8, 4) is 0 Å². The summed E-state index contributed by atoms with van der Waals surface area (Å²) < 4.78 is 27.4. The summed E-state index contributed by atoms with van der Waals surface area (Å²) in [5, 5.41) is 2.98.